The van der Waals surface area contributed by atoms with Gasteiger partial charge in [-0.15, -0.1) is 0 Å². The molecule has 2 atom stereocenters. The Balaban J connectivity index is 1.49. The van der Waals surface area contributed by atoms with E-state index in [1.165, 1.54) is 18.4 Å². The number of methoxy groups -OCH3 is 1. The molecule has 1 aromatic carbocycles. The van der Waals surface area contributed by atoms with Crippen LogP contribution in [0.2, 0.25) is 0 Å². The van der Waals surface area contributed by atoms with Crippen LogP contribution in [0, 0.1) is 11.8 Å². The Morgan fingerprint density at radius 2 is 1.93 bits per heavy atom. The first-order valence-corrected chi connectivity index (χ1v) is 11.3. The number of nitrogens with one attached hydrogen (secondary N) is 1. The summed E-state index contributed by atoms with van der Waals surface area (Å²) in [6, 6.07) is 14.2. The van der Waals surface area contributed by atoms with Gasteiger partial charge in [-0.3, -0.25) is 14.7 Å². The van der Waals surface area contributed by atoms with Crippen molar-refractivity contribution in [3.05, 3.63) is 59.9 Å². The van der Waals surface area contributed by atoms with Crippen LogP contribution in [0.4, 0.5) is 0 Å². The first-order chi connectivity index (χ1) is 14.7. The fourth-order valence-corrected chi connectivity index (χ4v) is 5.03. The third-order valence-electron chi connectivity index (χ3n) is 6.63. The number of hydrogen-bond acceptors (Lipinski definition) is 4. The molecule has 0 unspecified atom stereocenters. The number of rotatable bonds is 7. The second-order valence-corrected chi connectivity index (χ2v) is 8.67. The van der Waals surface area contributed by atoms with Gasteiger partial charge in [0.2, 0.25) is 5.91 Å². The topological polar surface area (TPSA) is 54.5 Å². The van der Waals surface area contributed by atoms with E-state index in [2.05, 4.69) is 33.4 Å². The van der Waals surface area contributed by atoms with E-state index < -0.39 is 0 Å². The van der Waals surface area contributed by atoms with Gasteiger partial charge in [0.05, 0.1) is 18.8 Å². The maximum absolute atomic E-state index is 13.0. The highest BCUT2D eigenvalue weighted by Crippen LogP contribution is 2.32. The Morgan fingerprint density at radius 1 is 1.13 bits per heavy atom. The lowest BCUT2D eigenvalue weighted by Crippen LogP contribution is -2.44. The van der Waals surface area contributed by atoms with Crippen LogP contribution in [-0.2, 0) is 11.3 Å². The molecule has 1 N–H and O–H groups in total. The second-order valence-electron chi connectivity index (χ2n) is 8.67. The summed E-state index contributed by atoms with van der Waals surface area (Å²) < 4.78 is 5.55. The molecular weight excluding hydrogens is 374 g/mol. The van der Waals surface area contributed by atoms with Crippen LogP contribution >= 0.6 is 0 Å². The molecule has 5 heteroatoms. The fourth-order valence-electron chi connectivity index (χ4n) is 5.03. The van der Waals surface area contributed by atoms with Crippen molar-refractivity contribution in [3.8, 4) is 5.75 Å². The average Bonchev–Trinajstić information content (AvgIpc) is 3.34. The molecule has 1 saturated heterocycles. The Hall–Kier alpha value is -2.40. The highest BCUT2D eigenvalue weighted by molar-refractivity contribution is 5.79. The summed E-state index contributed by atoms with van der Waals surface area (Å²) >= 11 is 0. The van der Waals surface area contributed by atoms with Crippen LogP contribution in [0.15, 0.2) is 48.7 Å². The molecule has 30 heavy (non-hydrogen) atoms. The van der Waals surface area contributed by atoms with E-state index in [1.54, 1.807) is 7.11 Å². The molecule has 1 aromatic heterocycles. The Kier molecular flexibility index (Phi) is 7.00. The molecule has 2 aliphatic rings. The highest BCUT2D eigenvalue weighted by atomic mass is 16.5. The highest BCUT2D eigenvalue weighted by Gasteiger charge is 2.33. The average molecular weight is 408 g/mol. The maximum Gasteiger partial charge on any atom is 0.223 e. The number of hydrogen-bond donors (Lipinski definition) is 1. The van der Waals surface area contributed by atoms with Crippen molar-refractivity contribution in [1.29, 1.82) is 0 Å². The van der Waals surface area contributed by atoms with Gasteiger partial charge in [-0.1, -0.05) is 37.1 Å². The van der Waals surface area contributed by atoms with E-state index in [0.29, 0.717) is 5.92 Å². The standard InChI is InChI=1S/C25H33N3O2/c1-30-23-14-5-4-11-20(23)17-28-16-8-12-21(18-28)24(22-13-6-7-15-26-22)27-25(29)19-9-2-3-10-19/h4-7,11,13-15,19,21,24H,2-3,8-10,12,16-18H2,1H3,(H,27,29)/t21-,24-/m0/s1. The minimum atomic E-state index is -0.0280. The lowest BCUT2D eigenvalue weighted by molar-refractivity contribution is -0.126. The SMILES string of the molecule is COc1ccccc1CN1CCC[C@H]([C@H](NC(=O)C2CCCC2)c2ccccn2)C1. The van der Waals surface area contributed by atoms with E-state index in [4.69, 9.17) is 4.74 Å². The van der Waals surface area contributed by atoms with Crippen LogP contribution in [-0.4, -0.2) is 36.0 Å². The Labute approximate surface area is 179 Å². The molecule has 0 radical (unpaired) electrons. The van der Waals surface area contributed by atoms with Gasteiger partial charge in [0, 0.05) is 30.8 Å². The smallest absolute Gasteiger partial charge is 0.223 e. The predicted octanol–water partition coefficient (Wildman–Crippen LogP) is 4.35. The molecule has 1 aliphatic heterocycles. The number of aromatic nitrogens is 1. The fraction of sp³-hybridized carbons (Fsp3) is 0.520. The van der Waals surface area contributed by atoms with E-state index in [9.17, 15) is 4.79 Å². The molecular formula is C25H33N3O2. The van der Waals surface area contributed by atoms with Crippen molar-refractivity contribution in [2.75, 3.05) is 20.2 Å². The number of ether oxygens (including phenoxy) is 1. The monoisotopic (exact) mass is 407 g/mol. The number of pyridine rings is 1. The predicted molar refractivity (Wildman–Crippen MR) is 118 cm³/mol. The zero-order valence-corrected chi connectivity index (χ0v) is 17.9. The molecule has 5 nitrogen and oxygen atoms in total. The molecule has 2 aromatic rings. The molecule has 1 aliphatic carbocycles. The molecule has 160 valence electrons. The summed E-state index contributed by atoms with van der Waals surface area (Å²) in [6.07, 6.45) is 8.44. The van der Waals surface area contributed by atoms with Crippen molar-refractivity contribution >= 4 is 5.91 Å². The first kappa shape index (κ1) is 20.9. The van der Waals surface area contributed by atoms with Gasteiger partial charge in [-0.25, -0.2) is 0 Å². The van der Waals surface area contributed by atoms with Crippen LogP contribution in [0.5, 0.6) is 5.75 Å². The number of carbonyl (C=O) groups is 1. The summed E-state index contributed by atoms with van der Waals surface area (Å²) in [5.41, 5.74) is 2.19. The Morgan fingerprint density at radius 3 is 2.70 bits per heavy atom. The van der Waals surface area contributed by atoms with Crippen LogP contribution in [0.25, 0.3) is 0 Å². The third-order valence-corrected chi connectivity index (χ3v) is 6.63. The molecule has 1 saturated carbocycles. The second kappa shape index (κ2) is 10.1. The van der Waals surface area contributed by atoms with Gasteiger partial charge in [0.25, 0.3) is 0 Å². The molecule has 4 rings (SSSR count). The summed E-state index contributed by atoms with van der Waals surface area (Å²) in [5, 5.41) is 3.40. The molecule has 1 amide bonds. The summed E-state index contributed by atoms with van der Waals surface area (Å²) in [7, 11) is 1.73. The number of nitrogens with zero attached hydrogens (tertiary/aromatic N) is 2. The summed E-state index contributed by atoms with van der Waals surface area (Å²) in [5.74, 6) is 1.68. The van der Waals surface area contributed by atoms with Gasteiger partial charge < -0.3 is 10.1 Å². The third kappa shape index (κ3) is 5.01. The minimum Gasteiger partial charge on any atom is -0.496 e. The van der Waals surface area contributed by atoms with Crippen molar-refractivity contribution < 1.29 is 9.53 Å². The maximum atomic E-state index is 13.0. The largest absolute Gasteiger partial charge is 0.496 e. The zero-order valence-electron chi connectivity index (χ0n) is 17.9. The lowest BCUT2D eigenvalue weighted by atomic mass is 9.87. The minimum absolute atomic E-state index is 0.0280. The normalized spacial score (nSPS) is 21.3. The first-order valence-electron chi connectivity index (χ1n) is 11.3. The van der Waals surface area contributed by atoms with Crippen LogP contribution < -0.4 is 10.1 Å². The van der Waals surface area contributed by atoms with Crippen molar-refractivity contribution in [3.63, 3.8) is 0 Å². The zero-order chi connectivity index (χ0) is 20.8. The van der Waals surface area contributed by atoms with E-state index >= 15 is 0 Å². The number of piperidine rings is 1. The van der Waals surface area contributed by atoms with Crippen molar-refractivity contribution in [1.82, 2.24) is 15.2 Å². The molecule has 0 spiro atoms. The van der Waals surface area contributed by atoms with Gasteiger partial charge in [0.1, 0.15) is 5.75 Å². The molecule has 2 fully saturated rings. The number of benzene rings is 1. The molecule has 2 heterocycles. The van der Waals surface area contributed by atoms with Gasteiger partial charge in [0.15, 0.2) is 0 Å². The van der Waals surface area contributed by atoms with E-state index in [-0.39, 0.29) is 17.9 Å². The van der Waals surface area contributed by atoms with Gasteiger partial charge in [-0.2, -0.15) is 0 Å². The number of carbonyl (C=O) groups excluding carboxylic acids is 1. The number of para-hydroxylation sites is 1. The van der Waals surface area contributed by atoms with Gasteiger partial charge in [-0.05, 0) is 56.3 Å². The molecule has 0 bridgehead atoms. The van der Waals surface area contributed by atoms with Crippen LogP contribution in [0.1, 0.15) is 55.8 Å². The number of likely N-dealkylation sites (tertiary alicyclic amines) is 1. The number of amides is 1. The van der Waals surface area contributed by atoms with Crippen LogP contribution in [0.3, 0.4) is 0 Å². The van der Waals surface area contributed by atoms with E-state index in [1.807, 2.05) is 30.5 Å². The Bertz CT molecular complexity index is 820. The summed E-state index contributed by atoms with van der Waals surface area (Å²) in [4.78, 5) is 20.1. The van der Waals surface area contributed by atoms with Crippen molar-refractivity contribution in [2.24, 2.45) is 11.8 Å². The summed E-state index contributed by atoms with van der Waals surface area (Å²) in [6.45, 7) is 2.89. The van der Waals surface area contributed by atoms with Gasteiger partial charge >= 0.3 is 0 Å². The van der Waals surface area contributed by atoms with Crippen molar-refractivity contribution in [2.45, 2.75) is 51.1 Å². The lowest BCUT2D eigenvalue weighted by Gasteiger charge is -2.37. The quantitative estimate of drug-likeness (QED) is 0.741. The van der Waals surface area contributed by atoms with E-state index in [0.717, 1.165) is 56.8 Å².